The van der Waals surface area contributed by atoms with Crippen molar-refractivity contribution >= 4 is 5.91 Å². The molecule has 0 saturated heterocycles. The van der Waals surface area contributed by atoms with Gasteiger partial charge in [0.1, 0.15) is 18.1 Å². The number of hydrogen-bond acceptors (Lipinski definition) is 5. The van der Waals surface area contributed by atoms with Crippen LogP contribution in [0.3, 0.4) is 0 Å². The average molecular weight is 351 g/mol. The lowest BCUT2D eigenvalue weighted by molar-refractivity contribution is 0.0940. The summed E-state index contributed by atoms with van der Waals surface area (Å²) in [7, 11) is 0. The van der Waals surface area contributed by atoms with Gasteiger partial charge in [0.15, 0.2) is 0 Å². The minimum Gasteiger partial charge on any atom is -0.489 e. The first-order valence-electron chi connectivity index (χ1n) is 8.40. The smallest absolute Gasteiger partial charge is 0.251 e. The van der Waals surface area contributed by atoms with Crippen LogP contribution in [0.4, 0.5) is 0 Å². The van der Waals surface area contributed by atoms with Crippen molar-refractivity contribution in [2.75, 3.05) is 0 Å². The highest BCUT2D eigenvalue weighted by atomic mass is 16.5. The fourth-order valence-electron chi connectivity index (χ4n) is 2.56. The van der Waals surface area contributed by atoms with Gasteiger partial charge in [-0.15, -0.1) is 0 Å². The molecule has 1 atom stereocenters. The third-order valence-electron chi connectivity index (χ3n) is 4.21. The maximum Gasteiger partial charge on any atom is 0.251 e. The van der Waals surface area contributed by atoms with Crippen LogP contribution in [0.15, 0.2) is 53.3 Å². The fourth-order valence-corrected chi connectivity index (χ4v) is 2.56. The Labute approximate surface area is 152 Å². The molecule has 0 aliphatic heterocycles. The van der Waals surface area contributed by atoms with Crippen LogP contribution in [0.25, 0.3) is 0 Å². The van der Waals surface area contributed by atoms with Crippen LogP contribution in [0, 0.1) is 13.8 Å². The molecule has 0 spiro atoms. The number of aryl methyl sites for hydroxylation is 2. The van der Waals surface area contributed by atoms with E-state index in [1.54, 1.807) is 36.7 Å². The Morgan fingerprint density at radius 2 is 2.00 bits per heavy atom. The molecule has 6 nitrogen and oxygen atoms in total. The number of hydrogen-bond donors (Lipinski definition) is 1. The summed E-state index contributed by atoms with van der Waals surface area (Å²) in [4.78, 5) is 16.5. The Hall–Kier alpha value is -3.15. The molecule has 0 fully saturated rings. The molecule has 0 saturated carbocycles. The molecule has 1 N–H and O–H groups in total. The lowest BCUT2D eigenvalue weighted by Gasteiger charge is -2.14. The van der Waals surface area contributed by atoms with Crippen LogP contribution in [0.2, 0.25) is 0 Å². The second kappa shape index (κ2) is 7.82. The maximum atomic E-state index is 12.4. The van der Waals surface area contributed by atoms with E-state index >= 15 is 0 Å². The molecule has 3 aromatic rings. The molecule has 1 aromatic carbocycles. The van der Waals surface area contributed by atoms with Crippen LogP contribution in [0.1, 0.15) is 45.9 Å². The third-order valence-corrected chi connectivity index (χ3v) is 4.21. The second-order valence-electron chi connectivity index (χ2n) is 6.10. The summed E-state index contributed by atoms with van der Waals surface area (Å²) in [6.45, 7) is 6.04. The van der Waals surface area contributed by atoms with Crippen molar-refractivity contribution in [3.05, 3.63) is 76.9 Å². The summed E-state index contributed by atoms with van der Waals surface area (Å²) in [5, 5.41) is 6.87. The van der Waals surface area contributed by atoms with Crippen molar-refractivity contribution in [2.24, 2.45) is 0 Å². The average Bonchev–Trinajstić information content (AvgIpc) is 2.99. The van der Waals surface area contributed by atoms with Crippen LogP contribution >= 0.6 is 0 Å². The van der Waals surface area contributed by atoms with Crippen molar-refractivity contribution in [1.29, 1.82) is 0 Å². The quantitative estimate of drug-likeness (QED) is 0.732. The number of benzene rings is 1. The standard InChI is InChI=1S/C20H21N3O3/c1-13(17-5-4-10-21-11-17)22-20(24)16-6-8-18(9-7-16)25-12-19-14(2)23-26-15(19)3/h4-11,13H,12H2,1-3H3,(H,22,24)/t13-/m1/s1. The molecule has 1 amide bonds. The second-order valence-corrected chi connectivity index (χ2v) is 6.10. The molecule has 2 heterocycles. The first-order valence-corrected chi connectivity index (χ1v) is 8.40. The number of aromatic nitrogens is 2. The molecule has 0 aliphatic carbocycles. The highest BCUT2D eigenvalue weighted by molar-refractivity contribution is 5.94. The van der Waals surface area contributed by atoms with Gasteiger partial charge >= 0.3 is 0 Å². The van der Waals surface area contributed by atoms with Gasteiger partial charge in [-0.3, -0.25) is 9.78 Å². The van der Waals surface area contributed by atoms with E-state index in [2.05, 4.69) is 15.5 Å². The molecule has 0 radical (unpaired) electrons. The Morgan fingerprint density at radius 1 is 1.23 bits per heavy atom. The summed E-state index contributed by atoms with van der Waals surface area (Å²) < 4.78 is 10.9. The van der Waals surface area contributed by atoms with E-state index in [4.69, 9.17) is 9.26 Å². The number of nitrogens with zero attached hydrogens (tertiary/aromatic N) is 2. The number of carbonyl (C=O) groups is 1. The first kappa shape index (κ1) is 17.7. The van der Waals surface area contributed by atoms with E-state index in [-0.39, 0.29) is 11.9 Å². The van der Waals surface area contributed by atoms with Crippen molar-refractivity contribution in [2.45, 2.75) is 33.4 Å². The molecule has 0 unspecified atom stereocenters. The van der Waals surface area contributed by atoms with E-state index in [1.807, 2.05) is 32.9 Å². The molecule has 2 aromatic heterocycles. The maximum absolute atomic E-state index is 12.4. The van der Waals surface area contributed by atoms with Crippen LogP contribution in [0.5, 0.6) is 5.75 Å². The first-order chi connectivity index (χ1) is 12.5. The van der Waals surface area contributed by atoms with Gasteiger partial charge in [0.25, 0.3) is 5.91 Å². The van der Waals surface area contributed by atoms with Crippen LogP contribution in [-0.4, -0.2) is 16.0 Å². The number of nitrogens with one attached hydrogen (secondary N) is 1. The minimum absolute atomic E-state index is 0.119. The number of ether oxygens (including phenoxy) is 1. The summed E-state index contributed by atoms with van der Waals surface area (Å²) in [6, 6.07) is 10.7. The van der Waals surface area contributed by atoms with E-state index in [0.29, 0.717) is 17.9 Å². The lowest BCUT2D eigenvalue weighted by atomic mass is 10.1. The number of amides is 1. The number of rotatable bonds is 6. The Morgan fingerprint density at radius 3 is 2.62 bits per heavy atom. The van der Waals surface area contributed by atoms with Gasteiger partial charge in [-0.2, -0.15) is 0 Å². The Balaban J connectivity index is 1.59. The predicted octanol–water partition coefficient (Wildman–Crippen LogP) is 3.76. The molecule has 134 valence electrons. The predicted molar refractivity (Wildman–Crippen MR) is 96.9 cm³/mol. The molecular weight excluding hydrogens is 330 g/mol. The van der Waals surface area contributed by atoms with E-state index in [9.17, 15) is 4.79 Å². The SMILES string of the molecule is Cc1noc(C)c1COc1ccc(C(=O)N[C@H](C)c2cccnc2)cc1. The van der Waals surface area contributed by atoms with Gasteiger partial charge in [-0.1, -0.05) is 11.2 Å². The van der Waals surface area contributed by atoms with Crippen molar-refractivity contribution in [1.82, 2.24) is 15.5 Å². The highest BCUT2D eigenvalue weighted by Gasteiger charge is 2.12. The Kier molecular flexibility index (Phi) is 5.31. The highest BCUT2D eigenvalue weighted by Crippen LogP contribution is 2.18. The minimum atomic E-state index is -0.140. The van der Waals surface area contributed by atoms with Crippen LogP contribution < -0.4 is 10.1 Å². The van der Waals surface area contributed by atoms with Crippen LogP contribution in [-0.2, 0) is 6.61 Å². The Bertz CT molecular complexity index is 854. The van der Waals surface area contributed by atoms with Gasteiger partial charge in [0.05, 0.1) is 17.3 Å². The van der Waals surface area contributed by atoms with Gasteiger partial charge < -0.3 is 14.6 Å². The van der Waals surface area contributed by atoms with E-state index < -0.39 is 0 Å². The van der Waals surface area contributed by atoms with Gasteiger partial charge in [0.2, 0.25) is 0 Å². The largest absolute Gasteiger partial charge is 0.489 e. The van der Waals surface area contributed by atoms with E-state index in [1.165, 1.54) is 0 Å². The monoisotopic (exact) mass is 351 g/mol. The zero-order valence-corrected chi connectivity index (χ0v) is 15.0. The summed E-state index contributed by atoms with van der Waals surface area (Å²) in [6.07, 6.45) is 3.45. The van der Waals surface area contributed by atoms with Gasteiger partial charge in [-0.25, -0.2) is 0 Å². The lowest BCUT2D eigenvalue weighted by Crippen LogP contribution is -2.26. The normalized spacial score (nSPS) is 11.8. The fraction of sp³-hybridized carbons (Fsp3) is 0.250. The molecule has 6 heteroatoms. The van der Waals surface area contributed by atoms with Crippen molar-refractivity contribution < 1.29 is 14.1 Å². The third kappa shape index (κ3) is 4.08. The molecule has 0 aliphatic rings. The molecule has 3 rings (SSSR count). The van der Waals surface area contributed by atoms with E-state index in [0.717, 1.165) is 22.6 Å². The number of carbonyl (C=O) groups excluding carboxylic acids is 1. The van der Waals surface area contributed by atoms with Crippen molar-refractivity contribution in [3.63, 3.8) is 0 Å². The molecular formula is C20H21N3O3. The topological polar surface area (TPSA) is 77.2 Å². The zero-order chi connectivity index (χ0) is 18.5. The van der Waals surface area contributed by atoms with Gasteiger partial charge in [0, 0.05) is 18.0 Å². The number of pyridine rings is 1. The zero-order valence-electron chi connectivity index (χ0n) is 15.0. The summed E-state index contributed by atoms with van der Waals surface area (Å²) in [5.41, 5.74) is 3.30. The molecule has 26 heavy (non-hydrogen) atoms. The summed E-state index contributed by atoms with van der Waals surface area (Å²) in [5.74, 6) is 1.29. The summed E-state index contributed by atoms with van der Waals surface area (Å²) >= 11 is 0. The van der Waals surface area contributed by atoms with Gasteiger partial charge in [-0.05, 0) is 56.7 Å². The molecule has 0 bridgehead atoms. The van der Waals surface area contributed by atoms with Crippen molar-refractivity contribution in [3.8, 4) is 5.75 Å².